The average Bonchev–Trinajstić information content (AvgIpc) is 2.54. The van der Waals surface area contributed by atoms with E-state index in [1.54, 1.807) is 13.2 Å². The van der Waals surface area contributed by atoms with Gasteiger partial charge in [0.15, 0.2) is 0 Å². The summed E-state index contributed by atoms with van der Waals surface area (Å²) in [4.78, 5) is 0. The fraction of sp³-hybridized carbons (Fsp3) is 0.176. The van der Waals surface area contributed by atoms with Crippen molar-refractivity contribution in [2.45, 2.75) is 0 Å². The Bertz CT molecular complexity index is 693. The first-order valence-electron chi connectivity index (χ1n) is 6.67. The molecule has 4 heteroatoms. The lowest BCUT2D eigenvalue weighted by atomic mass is 9.98. The van der Waals surface area contributed by atoms with Crippen LogP contribution < -0.4 is 14.8 Å². The van der Waals surface area contributed by atoms with Crippen molar-refractivity contribution in [3.05, 3.63) is 53.3 Å². The van der Waals surface area contributed by atoms with Gasteiger partial charge in [-0.2, -0.15) is 0 Å². The van der Waals surface area contributed by atoms with E-state index < -0.39 is 0 Å². The van der Waals surface area contributed by atoms with Crippen LogP contribution >= 0.6 is 0 Å². The minimum Gasteiger partial charge on any atom is -0.497 e. The van der Waals surface area contributed by atoms with Gasteiger partial charge in [0.1, 0.15) is 17.3 Å². The molecule has 2 aromatic rings. The Morgan fingerprint density at radius 1 is 1.00 bits per heavy atom. The van der Waals surface area contributed by atoms with E-state index in [0.29, 0.717) is 17.9 Å². The van der Waals surface area contributed by atoms with E-state index in [4.69, 9.17) is 9.47 Å². The van der Waals surface area contributed by atoms with E-state index >= 15 is 0 Å². The van der Waals surface area contributed by atoms with E-state index in [9.17, 15) is 4.39 Å². The van der Waals surface area contributed by atoms with E-state index in [-0.39, 0.29) is 5.82 Å². The largest absolute Gasteiger partial charge is 0.497 e. The first-order valence-corrected chi connectivity index (χ1v) is 6.67. The summed E-state index contributed by atoms with van der Waals surface area (Å²) in [6.45, 7) is 0.645. The highest BCUT2D eigenvalue weighted by atomic mass is 19.1. The lowest BCUT2D eigenvalue weighted by Gasteiger charge is -2.20. The van der Waals surface area contributed by atoms with Gasteiger partial charge in [-0.25, -0.2) is 4.39 Å². The number of fused-ring (bicyclic) bond motifs is 1. The normalized spacial score (nSPS) is 13.0. The Labute approximate surface area is 123 Å². The van der Waals surface area contributed by atoms with Crippen LogP contribution in [-0.4, -0.2) is 20.8 Å². The number of anilines is 1. The number of ether oxygens (including phenoxy) is 2. The Balaban J connectivity index is 1.99. The van der Waals surface area contributed by atoms with Gasteiger partial charge >= 0.3 is 0 Å². The summed E-state index contributed by atoms with van der Waals surface area (Å²) < 4.78 is 24.4. The van der Waals surface area contributed by atoms with Crippen LogP contribution in [0.1, 0.15) is 11.1 Å². The zero-order valence-corrected chi connectivity index (χ0v) is 11.9. The van der Waals surface area contributed by atoms with Crippen molar-refractivity contribution in [1.82, 2.24) is 0 Å². The van der Waals surface area contributed by atoms with Crippen LogP contribution in [0, 0.1) is 5.82 Å². The third-order valence-electron chi connectivity index (χ3n) is 3.59. The standard InChI is InChI=1S/C17H16FNO2/c1-20-13-5-3-11(4-6-13)12-7-15-16(18)8-14(21-2)9-17(15)19-10-12/h3-9,19H,10H2,1-2H3. The van der Waals surface area contributed by atoms with Crippen LogP contribution in [0.15, 0.2) is 36.4 Å². The first kappa shape index (κ1) is 13.5. The van der Waals surface area contributed by atoms with Gasteiger partial charge in [-0.15, -0.1) is 0 Å². The molecule has 0 aromatic heterocycles. The number of halogens is 1. The van der Waals surface area contributed by atoms with Crippen molar-refractivity contribution in [2.75, 3.05) is 26.1 Å². The number of hydrogen-bond acceptors (Lipinski definition) is 3. The Morgan fingerprint density at radius 3 is 2.38 bits per heavy atom. The molecule has 0 aliphatic carbocycles. The molecule has 0 spiro atoms. The summed E-state index contributed by atoms with van der Waals surface area (Å²) in [6, 6.07) is 10.9. The van der Waals surface area contributed by atoms with Gasteiger partial charge in [0.05, 0.1) is 14.2 Å². The van der Waals surface area contributed by atoms with Crippen LogP contribution in [0.25, 0.3) is 11.6 Å². The molecular formula is C17H16FNO2. The summed E-state index contributed by atoms with van der Waals surface area (Å²) in [6.07, 6.45) is 1.88. The maximum atomic E-state index is 14.1. The van der Waals surface area contributed by atoms with Crippen LogP contribution in [0.4, 0.5) is 10.1 Å². The number of nitrogens with one attached hydrogen (secondary N) is 1. The Kier molecular flexibility index (Phi) is 3.52. The Morgan fingerprint density at radius 2 is 1.71 bits per heavy atom. The number of rotatable bonds is 3. The van der Waals surface area contributed by atoms with Gasteiger partial charge in [0.25, 0.3) is 0 Å². The van der Waals surface area contributed by atoms with E-state index in [1.807, 2.05) is 30.3 Å². The van der Waals surface area contributed by atoms with E-state index in [1.165, 1.54) is 13.2 Å². The number of methoxy groups -OCH3 is 2. The third-order valence-corrected chi connectivity index (χ3v) is 3.59. The average molecular weight is 285 g/mol. The molecule has 0 fully saturated rings. The van der Waals surface area contributed by atoms with Crippen LogP contribution in [-0.2, 0) is 0 Å². The molecule has 1 aliphatic rings. The summed E-state index contributed by atoms with van der Waals surface area (Å²) in [7, 11) is 3.16. The van der Waals surface area contributed by atoms with Gasteiger partial charge in [0.2, 0.25) is 0 Å². The molecule has 0 saturated heterocycles. The van der Waals surface area contributed by atoms with Crippen molar-refractivity contribution in [3.8, 4) is 11.5 Å². The molecular weight excluding hydrogens is 269 g/mol. The van der Waals surface area contributed by atoms with E-state index in [0.717, 1.165) is 22.6 Å². The van der Waals surface area contributed by atoms with Crippen molar-refractivity contribution >= 4 is 17.3 Å². The zero-order chi connectivity index (χ0) is 14.8. The molecule has 21 heavy (non-hydrogen) atoms. The molecule has 0 unspecified atom stereocenters. The lowest BCUT2D eigenvalue weighted by Crippen LogP contribution is -2.11. The summed E-state index contributed by atoms with van der Waals surface area (Å²) in [5, 5.41) is 3.24. The Hall–Kier alpha value is -2.49. The highest BCUT2D eigenvalue weighted by molar-refractivity contribution is 5.91. The summed E-state index contributed by atoms with van der Waals surface area (Å²) in [5.74, 6) is 1.03. The molecule has 1 aliphatic heterocycles. The lowest BCUT2D eigenvalue weighted by molar-refractivity contribution is 0.411. The van der Waals surface area contributed by atoms with E-state index in [2.05, 4.69) is 5.32 Å². The minimum atomic E-state index is -0.289. The quantitative estimate of drug-likeness (QED) is 0.930. The predicted octanol–water partition coefficient (Wildman–Crippen LogP) is 3.81. The number of benzene rings is 2. The molecule has 3 nitrogen and oxygen atoms in total. The van der Waals surface area contributed by atoms with Gasteiger partial charge in [-0.1, -0.05) is 12.1 Å². The molecule has 0 bridgehead atoms. The van der Waals surface area contributed by atoms with Gasteiger partial charge in [0, 0.05) is 29.9 Å². The second kappa shape index (κ2) is 5.48. The fourth-order valence-corrected chi connectivity index (χ4v) is 2.41. The molecule has 108 valence electrons. The molecule has 1 N–H and O–H groups in total. The molecule has 1 heterocycles. The van der Waals surface area contributed by atoms with Crippen LogP contribution in [0.5, 0.6) is 11.5 Å². The van der Waals surface area contributed by atoms with Gasteiger partial charge in [-0.05, 0) is 29.3 Å². The van der Waals surface area contributed by atoms with Crippen molar-refractivity contribution < 1.29 is 13.9 Å². The summed E-state index contributed by atoms with van der Waals surface area (Å²) >= 11 is 0. The zero-order valence-electron chi connectivity index (χ0n) is 11.9. The molecule has 3 rings (SSSR count). The van der Waals surface area contributed by atoms with Gasteiger partial charge < -0.3 is 14.8 Å². The second-order valence-electron chi connectivity index (χ2n) is 4.82. The number of hydrogen-bond donors (Lipinski definition) is 1. The fourth-order valence-electron chi connectivity index (χ4n) is 2.41. The molecule has 0 atom stereocenters. The van der Waals surface area contributed by atoms with Crippen LogP contribution in [0.3, 0.4) is 0 Å². The predicted molar refractivity (Wildman–Crippen MR) is 82.3 cm³/mol. The van der Waals surface area contributed by atoms with Crippen LogP contribution in [0.2, 0.25) is 0 Å². The highest BCUT2D eigenvalue weighted by Gasteiger charge is 2.16. The third kappa shape index (κ3) is 2.57. The summed E-state index contributed by atoms with van der Waals surface area (Å²) in [5.41, 5.74) is 3.40. The second-order valence-corrected chi connectivity index (χ2v) is 4.82. The molecule has 0 amide bonds. The molecule has 2 aromatic carbocycles. The van der Waals surface area contributed by atoms with Crippen molar-refractivity contribution in [2.24, 2.45) is 0 Å². The maximum Gasteiger partial charge on any atom is 0.136 e. The smallest absolute Gasteiger partial charge is 0.136 e. The van der Waals surface area contributed by atoms with Gasteiger partial charge in [-0.3, -0.25) is 0 Å². The topological polar surface area (TPSA) is 30.5 Å². The highest BCUT2D eigenvalue weighted by Crippen LogP contribution is 2.33. The van der Waals surface area contributed by atoms with Crippen molar-refractivity contribution in [3.63, 3.8) is 0 Å². The maximum absolute atomic E-state index is 14.1. The van der Waals surface area contributed by atoms with Crippen molar-refractivity contribution in [1.29, 1.82) is 0 Å². The molecule has 0 saturated carbocycles. The molecule has 0 radical (unpaired) electrons. The first-order chi connectivity index (χ1) is 10.2. The SMILES string of the molecule is COc1ccc(C2=Cc3c(F)cc(OC)cc3NC2)cc1. The minimum absolute atomic E-state index is 0.289. The monoisotopic (exact) mass is 285 g/mol.